The van der Waals surface area contributed by atoms with E-state index in [-0.39, 0.29) is 22.6 Å². The van der Waals surface area contributed by atoms with Crippen LogP contribution in [0.25, 0.3) is 0 Å². The molecule has 0 spiro atoms. The van der Waals surface area contributed by atoms with Crippen molar-refractivity contribution < 1.29 is 14.5 Å². The maximum Gasteiger partial charge on any atom is 0.270 e. The highest BCUT2D eigenvalue weighted by Crippen LogP contribution is 2.17. The third-order valence-corrected chi connectivity index (χ3v) is 2.74. The second-order valence-electron chi connectivity index (χ2n) is 4.16. The summed E-state index contributed by atoms with van der Waals surface area (Å²) in [5.74, 6) is -1.35. The van der Waals surface area contributed by atoms with Crippen molar-refractivity contribution >= 4 is 23.2 Å². The number of carbonyl (C=O) groups excluding carboxylic acids is 2. The molecule has 9 heteroatoms. The number of anilines is 1. The van der Waals surface area contributed by atoms with Crippen LogP contribution in [0.3, 0.4) is 0 Å². The van der Waals surface area contributed by atoms with Crippen LogP contribution in [0.2, 0.25) is 0 Å². The lowest BCUT2D eigenvalue weighted by Gasteiger charge is -2.05. The predicted octanol–water partition coefficient (Wildman–Crippen LogP) is 0.679. The number of non-ortho nitro benzene ring substituents is 1. The number of nitrogens with one attached hydrogen (secondary N) is 1. The molecule has 0 aliphatic carbocycles. The molecular formula is C12H11N5O4. The molecule has 0 bridgehead atoms. The lowest BCUT2D eigenvalue weighted by molar-refractivity contribution is -0.384. The van der Waals surface area contributed by atoms with E-state index in [0.29, 0.717) is 0 Å². The van der Waals surface area contributed by atoms with Gasteiger partial charge in [-0.15, -0.1) is 0 Å². The molecule has 0 saturated heterocycles. The van der Waals surface area contributed by atoms with Crippen LogP contribution in [0.4, 0.5) is 11.4 Å². The molecule has 0 fully saturated rings. The van der Waals surface area contributed by atoms with Gasteiger partial charge in [-0.3, -0.25) is 24.4 Å². The zero-order valence-corrected chi connectivity index (χ0v) is 10.9. The standard InChI is InChI=1S/C12H11N5O4/c1-16-10(11(13)18)9(6-14-16)15-12(19)7-3-2-4-8(5-7)17(20)21/h2-6H,1H3,(H2,13,18)(H,15,19). The van der Waals surface area contributed by atoms with Crippen LogP contribution in [-0.2, 0) is 7.05 Å². The van der Waals surface area contributed by atoms with E-state index in [9.17, 15) is 19.7 Å². The Balaban J connectivity index is 2.28. The van der Waals surface area contributed by atoms with Crippen LogP contribution >= 0.6 is 0 Å². The molecule has 0 saturated carbocycles. The molecule has 2 aromatic rings. The highest BCUT2D eigenvalue weighted by Gasteiger charge is 2.18. The summed E-state index contributed by atoms with van der Waals surface area (Å²) in [6.45, 7) is 0. The van der Waals surface area contributed by atoms with E-state index in [1.54, 1.807) is 0 Å². The van der Waals surface area contributed by atoms with Crippen LogP contribution in [0.1, 0.15) is 20.8 Å². The van der Waals surface area contributed by atoms with Crippen LogP contribution < -0.4 is 11.1 Å². The van der Waals surface area contributed by atoms with E-state index in [4.69, 9.17) is 5.73 Å². The van der Waals surface area contributed by atoms with Crippen molar-refractivity contribution in [2.24, 2.45) is 12.8 Å². The Kier molecular flexibility index (Phi) is 3.65. The second kappa shape index (κ2) is 5.41. The molecule has 0 aliphatic rings. The fourth-order valence-electron chi connectivity index (χ4n) is 1.78. The van der Waals surface area contributed by atoms with Gasteiger partial charge in [0.05, 0.1) is 16.8 Å². The molecule has 9 nitrogen and oxygen atoms in total. The summed E-state index contributed by atoms with van der Waals surface area (Å²) in [6, 6.07) is 5.22. The molecule has 1 heterocycles. The van der Waals surface area contributed by atoms with E-state index >= 15 is 0 Å². The first-order chi connectivity index (χ1) is 9.90. The molecule has 108 valence electrons. The van der Waals surface area contributed by atoms with Crippen molar-refractivity contribution in [3.63, 3.8) is 0 Å². The molecule has 0 aliphatic heterocycles. The van der Waals surface area contributed by atoms with Gasteiger partial charge >= 0.3 is 0 Å². The lowest BCUT2D eigenvalue weighted by atomic mass is 10.2. The van der Waals surface area contributed by atoms with Crippen molar-refractivity contribution in [3.05, 3.63) is 51.8 Å². The van der Waals surface area contributed by atoms with E-state index in [2.05, 4.69) is 10.4 Å². The molecule has 1 aromatic carbocycles. The number of aromatic nitrogens is 2. The fourth-order valence-corrected chi connectivity index (χ4v) is 1.78. The van der Waals surface area contributed by atoms with Crippen molar-refractivity contribution in [2.75, 3.05) is 5.32 Å². The fraction of sp³-hybridized carbons (Fsp3) is 0.0833. The number of hydrogen-bond acceptors (Lipinski definition) is 5. The minimum atomic E-state index is -0.746. The molecular weight excluding hydrogens is 278 g/mol. The number of amides is 2. The van der Waals surface area contributed by atoms with Gasteiger partial charge in [0.25, 0.3) is 17.5 Å². The number of nitro benzene ring substituents is 1. The zero-order chi connectivity index (χ0) is 15.6. The molecule has 0 radical (unpaired) electrons. The number of aryl methyl sites for hydroxylation is 1. The molecule has 3 N–H and O–H groups in total. The van der Waals surface area contributed by atoms with Gasteiger partial charge in [-0.05, 0) is 6.07 Å². The van der Waals surface area contributed by atoms with Crippen molar-refractivity contribution in [1.29, 1.82) is 0 Å². The summed E-state index contributed by atoms with van der Waals surface area (Å²) in [5.41, 5.74) is 5.26. The van der Waals surface area contributed by atoms with Gasteiger partial charge in [0.1, 0.15) is 5.69 Å². The second-order valence-corrected chi connectivity index (χ2v) is 4.16. The number of carbonyl (C=O) groups is 2. The van der Waals surface area contributed by atoms with Gasteiger partial charge < -0.3 is 11.1 Å². The van der Waals surface area contributed by atoms with Crippen molar-refractivity contribution in [3.8, 4) is 0 Å². The van der Waals surface area contributed by atoms with Crippen LogP contribution in [0, 0.1) is 10.1 Å². The molecule has 0 unspecified atom stereocenters. The summed E-state index contributed by atoms with van der Waals surface area (Å²) < 4.78 is 1.23. The highest BCUT2D eigenvalue weighted by molar-refractivity contribution is 6.08. The van der Waals surface area contributed by atoms with Gasteiger partial charge in [-0.1, -0.05) is 6.07 Å². The number of rotatable bonds is 4. The SMILES string of the molecule is Cn1ncc(NC(=O)c2cccc([N+](=O)[O-])c2)c1C(N)=O. The van der Waals surface area contributed by atoms with Crippen molar-refractivity contribution in [1.82, 2.24) is 9.78 Å². The van der Waals surface area contributed by atoms with E-state index < -0.39 is 16.7 Å². The van der Waals surface area contributed by atoms with Crippen LogP contribution in [0.15, 0.2) is 30.5 Å². The number of hydrogen-bond donors (Lipinski definition) is 2. The van der Waals surface area contributed by atoms with E-state index in [1.165, 1.54) is 36.1 Å². The normalized spacial score (nSPS) is 10.1. The molecule has 1 aromatic heterocycles. The Morgan fingerprint density at radius 2 is 2.14 bits per heavy atom. The summed E-state index contributed by atoms with van der Waals surface area (Å²) >= 11 is 0. The maximum absolute atomic E-state index is 12.1. The molecule has 0 atom stereocenters. The topological polar surface area (TPSA) is 133 Å². The van der Waals surface area contributed by atoms with Gasteiger partial charge in [0.2, 0.25) is 0 Å². The Hall–Kier alpha value is -3.23. The first kappa shape index (κ1) is 14.2. The Morgan fingerprint density at radius 1 is 1.43 bits per heavy atom. The van der Waals surface area contributed by atoms with E-state index in [1.807, 2.05) is 0 Å². The molecule has 2 amide bonds. The Bertz CT molecular complexity index is 737. The van der Waals surface area contributed by atoms with E-state index in [0.717, 1.165) is 6.07 Å². The molecule has 21 heavy (non-hydrogen) atoms. The summed E-state index contributed by atoms with van der Waals surface area (Å²) in [6.07, 6.45) is 1.27. The van der Waals surface area contributed by atoms with Gasteiger partial charge in [-0.2, -0.15) is 5.10 Å². The van der Waals surface area contributed by atoms with Crippen LogP contribution in [0.5, 0.6) is 0 Å². The van der Waals surface area contributed by atoms with Gasteiger partial charge in [-0.25, -0.2) is 0 Å². The number of nitrogens with two attached hydrogens (primary N) is 1. The third-order valence-electron chi connectivity index (χ3n) is 2.74. The monoisotopic (exact) mass is 289 g/mol. The first-order valence-corrected chi connectivity index (χ1v) is 5.77. The number of nitro groups is 1. The smallest absolute Gasteiger partial charge is 0.270 e. The maximum atomic E-state index is 12.1. The Labute approximate surface area is 118 Å². The minimum Gasteiger partial charge on any atom is -0.364 e. The quantitative estimate of drug-likeness (QED) is 0.630. The number of primary amides is 1. The third kappa shape index (κ3) is 2.86. The van der Waals surface area contributed by atoms with Gasteiger partial charge in [0.15, 0.2) is 0 Å². The molecule has 2 rings (SSSR count). The average molecular weight is 289 g/mol. The summed E-state index contributed by atoms with van der Waals surface area (Å²) in [7, 11) is 1.50. The summed E-state index contributed by atoms with van der Waals surface area (Å²) in [4.78, 5) is 33.4. The predicted molar refractivity (Wildman–Crippen MR) is 72.8 cm³/mol. The zero-order valence-electron chi connectivity index (χ0n) is 10.9. The number of benzene rings is 1. The minimum absolute atomic E-state index is 0.0359. The number of nitrogens with zero attached hydrogens (tertiary/aromatic N) is 3. The average Bonchev–Trinajstić information content (AvgIpc) is 2.79. The van der Waals surface area contributed by atoms with Crippen molar-refractivity contribution in [2.45, 2.75) is 0 Å². The highest BCUT2D eigenvalue weighted by atomic mass is 16.6. The van der Waals surface area contributed by atoms with Crippen LogP contribution in [-0.4, -0.2) is 26.5 Å². The lowest BCUT2D eigenvalue weighted by Crippen LogP contribution is -2.20. The largest absolute Gasteiger partial charge is 0.364 e. The van der Waals surface area contributed by atoms with Gasteiger partial charge in [0, 0.05) is 24.7 Å². The first-order valence-electron chi connectivity index (χ1n) is 5.77. The summed E-state index contributed by atoms with van der Waals surface area (Å²) in [5, 5.41) is 17.0. The Morgan fingerprint density at radius 3 is 2.76 bits per heavy atom.